The van der Waals surface area contributed by atoms with Crippen molar-refractivity contribution in [2.75, 3.05) is 25.1 Å². The summed E-state index contributed by atoms with van der Waals surface area (Å²) in [7, 11) is 1.57. The molecule has 1 aliphatic heterocycles. The molecule has 0 bridgehead atoms. The van der Waals surface area contributed by atoms with Crippen molar-refractivity contribution in [2.24, 2.45) is 10.1 Å². The van der Waals surface area contributed by atoms with E-state index in [1.165, 1.54) is 22.7 Å². The molecule has 0 fully saturated rings. The Balaban J connectivity index is 1.14. The Hall–Kier alpha value is -4.89. The van der Waals surface area contributed by atoms with E-state index in [9.17, 15) is 4.79 Å². The number of hydrogen-bond acceptors (Lipinski definition) is 13. The lowest BCUT2D eigenvalue weighted by molar-refractivity contribution is 0.0949. The van der Waals surface area contributed by atoms with Crippen LogP contribution in [-0.2, 0) is 12.4 Å². The summed E-state index contributed by atoms with van der Waals surface area (Å²) in [5, 5.41) is 21.9. The third-order valence-corrected chi connectivity index (χ3v) is 8.66. The van der Waals surface area contributed by atoms with E-state index >= 15 is 0 Å². The van der Waals surface area contributed by atoms with Gasteiger partial charge in [-0.1, -0.05) is 71.2 Å². The molecule has 5 aromatic rings. The first-order chi connectivity index (χ1) is 21.1. The van der Waals surface area contributed by atoms with Crippen LogP contribution in [0.5, 0.6) is 11.5 Å². The molecule has 218 valence electrons. The van der Waals surface area contributed by atoms with Gasteiger partial charge in [-0.15, -0.1) is 5.10 Å². The second kappa shape index (κ2) is 13.0. The van der Waals surface area contributed by atoms with E-state index in [1.807, 2.05) is 30.3 Å². The van der Waals surface area contributed by atoms with Gasteiger partial charge < -0.3 is 15.2 Å². The monoisotopic (exact) mass is 615 g/mol. The topological polar surface area (TPSA) is 168 Å². The summed E-state index contributed by atoms with van der Waals surface area (Å²) < 4.78 is 18.6. The Morgan fingerprint density at radius 1 is 1.19 bits per heavy atom. The van der Waals surface area contributed by atoms with Crippen molar-refractivity contribution in [1.29, 1.82) is 0 Å². The highest BCUT2D eigenvalue weighted by atomic mass is 32.2. The summed E-state index contributed by atoms with van der Waals surface area (Å²) in [4.78, 5) is 17.5. The van der Waals surface area contributed by atoms with E-state index in [2.05, 4.69) is 54.3 Å². The number of nitrogens with zero attached hydrogens (tertiary/aromatic N) is 7. The van der Waals surface area contributed by atoms with Gasteiger partial charge in [0, 0.05) is 11.5 Å². The molecule has 15 heteroatoms. The van der Waals surface area contributed by atoms with Crippen molar-refractivity contribution in [1.82, 2.24) is 30.7 Å². The van der Waals surface area contributed by atoms with Gasteiger partial charge in [0.05, 0.1) is 25.6 Å². The molecule has 0 saturated carbocycles. The molecule has 3 aromatic carbocycles. The highest BCUT2D eigenvalue weighted by Crippen LogP contribution is 2.30. The minimum absolute atomic E-state index is 0.0206. The largest absolute Gasteiger partial charge is 0.493 e. The highest BCUT2D eigenvalue weighted by Gasteiger charge is 2.25. The van der Waals surface area contributed by atoms with Crippen LogP contribution in [0.3, 0.4) is 0 Å². The standard InChI is InChI=1S/C28H25N9O4S2/c1-39-23-13-17(9-10-22(23)40-15-19-7-4-6-18-5-2-3-8-20(18)19)14-31-33-27(38)24-21(16-43-28-30-11-12-42-28)37(36-32-24)26-25(29)34-41-35-26/h2-10,13-14H,11-12,15-16H2,1H3,(H2,29,34)(H,33,38)/b31-14+. The van der Waals surface area contributed by atoms with Crippen LogP contribution in [0, 0.1) is 0 Å². The average Bonchev–Trinajstić information content (AvgIpc) is 3.80. The van der Waals surface area contributed by atoms with Crippen molar-refractivity contribution >= 4 is 56.6 Å². The Kier molecular flexibility index (Phi) is 8.51. The van der Waals surface area contributed by atoms with Crippen LogP contribution in [0.1, 0.15) is 27.3 Å². The average molecular weight is 616 g/mol. The van der Waals surface area contributed by atoms with Gasteiger partial charge in [0.2, 0.25) is 11.6 Å². The number of nitrogens with two attached hydrogens (primary N) is 1. The fourth-order valence-corrected chi connectivity index (χ4v) is 6.33. The third kappa shape index (κ3) is 6.32. The fraction of sp³-hybridized carbons (Fsp3) is 0.179. The van der Waals surface area contributed by atoms with Gasteiger partial charge in [-0.2, -0.15) is 9.78 Å². The number of methoxy groups -OCH3 is 1. The zero-order chi connectivity index (χ0) is 29.6. The Labute approximate surface area is 253 Å². The number of aliphatic imine (C=N–C) groups is 1. The number of anilines is 1. The molecule has 1 amide bonds. The number of carbonyl (C=O) groups excluding carboxylic acids is 1. The maximum atomic E-state index is 13.1. The number of hydrogen-bond donors (Lipinski definition) is 2. The van der Waals surface area contributed by atoms with E-state index in [-0.39, 0.29) is 17.3 Å². The van der Waals surface area contributed by atoms with Gasteiger partial charge in [0.15, 0.2) is 17.2 Å². The number of fused-ring (bicyclic) bond motifs is 1. The number of amides is 1. The van der Waals surface area contributed by atoms with Crippen LogP contribution in [-0.4, -0.2) is 61.2 Å². The first kappa shape index (κ1) is 28.2. The molecule has 0 spiro atoms. The third-order valence-electron chi connectivity index (χ3n) is 6.40. The van der Waals surface area contributed by atoms with Gasteiger partial charge in [-0.05, 0) is 50.4 Å². The number of nitrogen functional groups attached to an aromatic ring is 1. The second-order valence-electron chi connectivity index (χ2n) is 9.09. The lowest BCUT2D eigenvalue weighted by Crippen LogP contribution is -2.20. The van der Waals surface area contributed by atoms with E-state index in [0.29, 0.717) is 35.1 Å². The molecule has 0 radical (unpaired) electrons. The van der Waals surface area contributed by atoms with Gasteiger partial charge in [-0.3, -0.25) is 9.79 Å². The smallest absolute Gasteiger partial charge is 0.293 e. The molecule has 3 heterocycles. The first-order valence-corrected chi connectivity index (χ1v) is 15.0. The Morgan fingerprint density at radius 2 is 2.07 bits per heavy atom. The number of thioether (sulfide) groups is 2. The quantitative estimate of drug-likeness (QED) is 0.172. The zero-order valence-corrected chi connectivity index (χ0v) is 24.5. The molecule has 0 aliphatic carbocycles. The lowest BCUT2D eigenvalue weighted by atomic mass is 10.1. The first-order valence-electron chi connectivity index (χ1n) is 13.0. The number of rotatable bonds is 10. The van der Waals surface area contributed by atoms with Crippen LogP contribution in [0.2, 0.25) is 0 Å². The number of nitrogens with one attached hydrogen (secondary N) is 1. The van der Waals surface area contributed by atoms with Gasteiger partial charge >= 0.3 is 0 Å². The zero-order valence-electron chi connectivity index (χ0n) is 22.8. The molecule has 2 aromatic heterocycles. The summed E-state index contributed by atoms with van der Waals surface area (Å²) in [5.41, 5.74) is 10.6. The van der Waals surface area contributed by atoms with Crippen molar-refractivity contribution in [3.63, 3.8) is 0 Å². The summed E-state index contributed by atoms with van der Waals surface area (Å²) in [6.07, 6.45) is 1.50. The van der Waals surface area contributed by atoms with Crippen LogP contribution in [0.15, 0.2) is 75.4 Å². The van der Waals surface area contributed by atoms with Gasteiger partial charge in [-0.25, -0.2) is 10.1 Å². The summed E-state index contributed by atoms with van der Waals surface area (Å²) in [6.45, 7) is 1.14. The predicted octanol–water partition coefficient (Wildman–Crippen LogP) is 4.07. The maximum Gasteiger partial charge on any atom is 0.293 e. The predicted molar refractivity (Wildman–Crippen MR) is 166 cm³/mol. The van der Waals surface area contributed by atoms with Gasteiger partial charge in [0.1, 0.15) is 11.0 Å². The molecule has 43 heavy (non-hydrogen) atoms. The molecular formula is C28H25N9O4S2. The molecule has 13 nitrogen and oxygen atoms in total. The van der Waals surface area contributed by atoms with Crippen LogP contribution in [0.25, 0.3) is 16.6 Å². The van der Waals surface area contributed by atoms with E-state index in [1.54, 1.807) is 31.0 Å². The summed E-state index contributed by atoms with van der Waals surface area (Å²) >= 11 is 3.12. The van der Waals surface area contributed by atoms with Crippen LogP contribution >= 0.6 is 23.5 Å². The molecule has 1 aliphatic rings. The van der Waals surface area contributed by atoms with Crippen molar-refractivity contribution in [2.45, 2.75) is 12.4 Å². The molecular weight excluding hydrogens is 591 g/mol. The normalized spacial score (nSPS) is 13.0. The number of ether oxygens (including phenoxy) is 2. The minimum Gasteiger partial charge on any atom is -0.493 e. The van der Waals surface area contributed by atoms with Crippen molar-refractivity contribution in [3.8, 4) is 17.3 Å². The van der Waals surface area contributed by atoms with E-state index in [0.717, 1.165) is 33.0 Å². The molecule has 3 N–H and O–H groups in total. The molecule has 6 rings (SSSR count). The molecule has 0 atom stereocenters. The molecule has 0 unspecified atom stereocenters. The maximum absolute atomic E-state index is 13.1. The summed E-state index contributed by atoms with van der Waals surface area (Å²) in [5.74, 6) is 1.98. The lowest BCUT2D eigenvalue weighted by Gasteiger charge is -2.12. The highest BCUT2D eigenvalue weighted by molar-refractivity contribution is 8.38. The minimum atomic E-state index is -0.559. The van der Waals surface area contributed by atoms with Crippen molar-refractivity contribution in [3.05, 3.63) is 83.2 Å². The van der Waals surface area contributed by atoms with E-state index in [4.69, 9.17) is 19.8 Å². The fourth-order valence-electron chi connectivity index (χ4n) is 4.32. The Bertz CT molecular complexity index is 1830. The summed E-state index contributed by atoms with van der Waals surface area (Å²) in [6, 6.07) is 19.7. The Morgan fingerprint density at radius 3 is 2.88 bits per heavy atom. The number of hydrazone groups is 1. The number of carbonyl (C=O) groups is 1. The van der Waals surface area contributed by atoms with Gasteiger partial charge in [0.25, 0.3) is 5.91 Å². The van der Waals surface area contributed by atoms with Crippen LogP contribution in [0.4, 0.5) is 5.82 Å². The number of benzene rings is 3. The SMILES string of the molecule is COc1cc(/C=N/NC(=O)c2nnn(-c3nonc3N)c2CSC2=NCCS2)ccc1OCc1cccc2ccccc12. The van der Waals surface area contributed by atoms with Crippen molar-refractivity contribution < 1.29 is 18.9 Å². The van der Waals surface area contributed by atoms with E-state index < -0.39 is 5.91 Å². The second-order valence-corrected chi connectivity index (χ2v) is 11.4. The number of aromatic nitrogens is 5. The van der Waals surface area contributed by atoms with Crippen LogP contribution < -0.4 is 20.6 Å². The molecule has 0 saturated heterocycles.